The largest absolute Gasteiger partial charge is 0.461 e. The second kappa shape index (κ2) is 10.4. The number of hydrogen-bond acceptors (Lipinski definition) is 6. The van der Waals surface area contributed by atoms with Crippen LogP contribution in [0.25, 0.3) is 0 Å². The zero-order chi connectivity index (χ0) is 22.5. The molecule has 2 aliphatic rings. The quantitative estimate of drug-likeness (QED) is 0.438. The SMILES string of the molecule is CCOC(=O)c1c(C)c(C(=O)CN(CCN2CCOCC2)C(=O)C2CCC2)c(C)n1C. The van der Waals surface area contributed by atoms with Gasteiger partial charge in [0.2, 0.25) is 5.91 Å². The first-order chi connectivity index (χ1) is 14.8. The average molecular weight is 434 g/mol. The summed E-state index contributed by atoms with van der Waals surface area (Å²) in [4.78, 5) is 42.8. The van der Waals surface area contributed by atoms with E-state index in [0.29, 0.717) is 36.6 Å². The van der Waals surface area contributed by atoms with Crippen molar-refractivity contribution in [3.63, 3.8) is 0 Å². The summed E-state index contributed by atoms with van der Waals surface area (Å²) in [6, 6.07) is 0. The molecule has 1 aliphatic heterocycles. The molecule has 172 valence electrons. The summed E-state index contributed by atoms with van der Waals surface area (Å²) in [5, 5.41) is 0. The highest BCUT2D eigenvalue weighted by molar-refractivity contribution is 6.04. The van der Waals surface area contributed by atoms with Crippen molar-refractivity contribution in [1.82, 2.24) is 14.4 Å². The Bertz CT molecular complexity index is 822. The van der Waals surface area contributed by atoms with E-state index in [-0.39, 0.29) is 30.8 Å². The lowest BCUT2D eigenvalue weighted by Gasteiger charge is -2.34. The first-order valence-electron chi connectivity index (χ1n) is 11.3. The van der Waals surface area contributed by atoms with Crippen LogP contribution < -0.4 is 0 Å². The number of morpholine rings is 1. The molecule has 1 aromatic rings. The molecule has 8 heteroatoms. The fraction of sp³-hybridized carbons (Fsp3) is 0.696. The highest BCUT2D eigenvalue weighted by Gasteiger charge is 2.32. The maximum atomic E-state index is 13.3. The maximum absolute atomic E-state index is 13.3. The molecule has 1 aliphatic carbocycles. The van der Waals surface area contributed by atoms with Gasteiger partial charge in [0.15, 0.2) is 5.78 Å². The number of Topliss-reactive ketones (excluding diaryl/α,β-unsaturated/α-hetero) is 1. The van der Waals surface area contributed by atoms with E-state index >= 15 is 0 Å². The lowest BCUT2D eigenvalue weighted by atomic mass is 9.84. The highest BCUT2D eigenvalue weighted by Crippen LogP contribution is 2.29. The topological polar surface area (TPSA) is 81.1 Å². The van der Waals surface area contributed by atoms with Crippen molar-refractivity contribution in [2.45, 2.75) is 40.0 Å². The van der Waals surface area contributed by atoms with Gasteiger partial charge in [-0.3, -0.25) is 14.5 Å². The lowest BCUT2D eigenvalue weighted by Crippen LogP contribution is -2.47. The fourth-order valence-electron chi connectivity index (χ4n) is 4.40. The Hall–Kier alpha value is -2.19. The van der Waals surface area contributed by atoms with E-state index in [2.05, 4.69) is 4.90 Å². The molecule has 2 heterocycles. The molecule has 1 saturated carbocycles. The number of aromatic nitrogens is 1. The van der Waals surface area contributed by atoms with E-state index in [9.17, 15) is 14.4 Å². The zero-order valence-electron chi connectivity index (χ0n) is 19.2. The Kier molecular flexibility index (Phi) is 7.89. The second-order valence-corrected chi connectivity index (χ2v) is 8.48. The van der Waals surface area contributed by atoms with E-state index < -0.39 is 5.97 Å². The molecular weight excluding hydrogens is 398 g/mol. The molecule has 0 radical (unpaired) electrons. The molecule has 3 rings (SSSR count). The summed E-state index contributed by atoms with van der Waals surface area (Å²) in [5.74, 6) is -0.453. The van der Waals surface area contributed by atoms with Crippen LogP contribution in [0.1, 0.15) is 58.3 Å². The van der Waals surface area contributed by atoms with Gasteiger partial charge >= 0.3 is 5.97 Å². The number of amides is 1. The number of esters is 1. The van der Waals surface area contributed by atoms with Crippen LogP contribution in [-0.4, -0.2) is 84.6 Å². The molecule has 8 nitrogen and oxygen atoms in total. The van der Waals surface area contributed by atoms with Crippen LogP contribution in [0, 0.1) is 19.8 Å². The number of rotatable bonds is 9. The fourth-order valence-corrected chi connectivity index (χ4v) is 4.40. The van der Waals surface area contributed by atoms with E-state index in [1.165, 1.54) is 0 Å². The van der Waals surface area contributed by atoms with E-state index in [1.807, 2.05) is 6.92 Å². The summed E-state index contributed by atoms with van der Waals surface area (Å²) in [5.41, 5.74) is 2.25. The maximum Gasteiger partial charge on any atom is 0.355 e. The van der Waals surface area contributed by atoms with Gasteiger partial charge in [-0.1, -0.05) is 6.42 Å². The summed E-state index contributed by atoms with van der Waals surface area (Å²) >= 11 is 0. The van der Waals surface area contributed by atoms with Crippen LogP contribution in [0.2, 0.25) is 0 Å². The molecule has 0 N–H and O–H groups in total. The van der Waals surface area contributed by atoms with Crippen LogP contribution in [0.15, 0.2) is 0 Å². The van der Waals surface area contributed by atoms with Gasteiger partial charge in [-0.2, -0.15) is 0 Å². The summed E-state index contributed by atoms with van der Waals surface area (Å²) in [6.07, 6.45) is 2.87. The molecule has 1 amide bonds. The third-order valence-corrected chi connectivity index (χ3v) is 6.57. The number of ether oxygens (including phenoxy) is 2. The Morgan fingerprint density at radius 3 is 2.42 bits per heavy atom. The summed E-state index contributed by atoms with van der Waals surface area (Å²) in [7, 11) is 1.76. The number of ketones is 1. The van der Waals surface area contributed by atoms with Crippen LogP contribution in [-0.2, 0) is 21.3 Å². The Morgan fingerprint density at radius 1 is 1.16 bits per heavy atom. The highest BCUT2D eigenvalue weighted by atomic mass is 16.5. The van der Waals surface area contributed by atoms with Crippen LogP contribution >= 0.6 is 0 Å². The van der Waals surface area contributed by atoms with Gasteiger partial charge in [-0.15, -0.1) is 0 Å². The number of hydrogen-bond donors (Lipinski definition) is 0. The molecule has 31 heavy (non-hydrogen) atoms. The van der Waals surface area contributed by atoms with Crippen molar-refractivity contribution >= 4 is 17.7 Å². The number of carbonyl (C=O) groups excluding carboxylic acids is 3. The molecule has 0 aromatic carbocycles. The van der Waals surface area contributed by atoms with E-state index in [1.54, 1.807) is 30.4 Å². The molecule has 0 spiro atoms. The molecule has 2 fully saturated rings. The van der Waals surface area contributed by atoms with E-state index in [4.69, 9.17) is 9.47 Å². The van der Waals surface area contributed by atoms with Crippen molar-refractivity contribution in [3.05, 3.63) is 22.5 Å². The average Bonchev–Trinajstić information content (AvgIpc) is 2.93. The van der Waals surface area contributed by atoms with Crippen LogP contribution in [0.3, 0.4) is 0 Å². The predicted molar refractivity (Wildman–Crippen MR) is 116 cm³/mol. The van der Waals surface area contributed by atoms with Gasteiger partial charge < -0.3 is 18.9 Å². The standard InChI is InChI=1S/C23H35N3O5/c1-5-31-23(29)21-16(2)20(17(3)24(21)4)19(27)15-26(22(28)18-7-6-8-18)10-9-25-11-13-30-14-12-25/h18H,5-15H2,1-4H3. The van der Waals surface area contributed by atoms with Crippen LogP contribution in [0.5, 0.6) is 0 Å². The minimum Gasteiger partial charge on any atom is -0.461 e. The normalized spacial score (nSPS) is 17.3. The van der Waals surface area contributed by atoms with Crippen molar-refractivity contribution in [2.24, 2.45) is 13.0 Å². The van der Waals surface area contributed by atoms with Gasteiger partial charge in [0.25, 0.3) is 0 Å². The molecule has 0 atom stereocenters. The zero-order valence-corrected chi connectivity index (χ0v) is 19.2. The minimum atomic E-state index is -0.431. The summed E-state index contributed by atoms with van der Waals surface area (Å²) < 4.78 is 12.3. The predicted octanol–water partition coefficient (Wildman–Crippen LogP) is 1.96. The lowest BCUT2D eigenvalue weighted by molar-refractivity contribution is -0.138. The van der Waals surface area contributed by atoms with Crippen molar-refractivity contribution in [1.29, 1.82) is 0 Å². The Labute approximate surface area is 184 Å². The van der Waals surface area contributed by atoms with E-state index in [0.717, 1.165) is 44.6 Å². The van der Waals surface area contributed by atoms with Gasteiger partial charge in [0.05, 0.1) is 26.4 Å². The van der Waals surface area contributed by atoms with Gasteiger partial charge in [-0.05, 0) is 39.2 Å². The molecule has 1 aromatic heterocycles. The minimum absolute atomic E-state index is 0.0329. The first-order valence-corrected chi connectivity index (χ1v) is 11.3. The van der Waals surface area contributed by atoms with Crippen molar-refractivity contribution in [2.75, 3.05) is 52.5 Å². The second-order valence-electron chi connectivity index (χ2n) is 8.48. The monoisotopic (exact) mass is 433 g/mol. The Balaban J connectivity index is 1.76. The third kappa shape index (κ3) is 5.18. The van der Waals surface area contributed by atoms with Crippen molar-refractivity contribution in [3.8, 4) is 0 Å². The van der Waals surface area contributed by atoms with Crippen molar-refractivity contribution < 1.29 is 23.9 Å². The van der Waals surface area contributed by atoms with Gasteiger partial charge in [0, 0.05) is 50.4 Å². The number of carbonyl (C=O) groups is 3. The first kappa shape index (κ1) is 23.5. The molecule has 1 saturated heterocycles. The smallest absolute Gasteiger partial charge is 0.355 e. The summed E-state index contributed by atoms with van der Waals surface area (Å²) in [6.45, 7) is 10.0. The molecule has 0 bridgehead atoms. The van der Waals surface area contributed by atoms with Crippen LogP contribution in [0.4, 0.5) is 0 Å². The Morgan fingerprint density at radius 2 is 1.84 bits per heavy atom. The number of nitrogens with zero attached hydrogens (tertiary/aromatic N) is 3. The molecular formula is C23H35N3O5. The van der Waals surface area contributed by atoms with Gasteiger partial charge in [0.1, 0.15) is 5.69 Å². The third-order valence-electron chi connectivity index (χ3n) is 6.57. The molecule has 0 unspecified atom stereocenters. The van der Waals surface area contributed by atoms with Gasteiger partial charge in [-0.25, -0.2) is 4.79 Å².